The van der Waals surface area contributed by atoms with Gasteiger partial charge < -0.3 is 20.9 Å². The maximum atomic E-state index is 6.13. The molecule has 4 nitrogen and oxygen atoms in total. The Morgan fingerprint density at radius 1 is 0.641 bits per heavy atom. The first-order valence-electron chi connectivity index (χ1n) is 13.2. The summed E-state index contributed by atoms with van der Waals surface area (Å²) >= 11 is 0. The van der Waals surface area contributed by atoms with Gasteiger partial charge in [0.1, 0.15) is 23.0 Å². The fourth-order valence-electron chi connectivity index (χ4n) is 4.92. The highest BCUT2D eigenvalue weighted by Gasteiger charge is 2.29. The molecule has 0 aromatic heterocycles. The number of nitrogen functional groups attached to an aromatic ring is 2. The van der Waals surface area contributed by atoms with Crippen molar-refractivity contribution in [2.75, 3.05) is 11.5 Å². The second-order valence-electron chi connectivity index (χ2n) is 10.1. The van der Waals surface area contributed by atoms with E-state index < -0.39 is 0 Å². The van der Waals surface area contributed by atoms with Crippen LogP contribution in [0.15, 0.2) is 115 Å². The number of anilines is 2. The van der Waals surface area contributed by atoms with Crippen LogP contribution in [0.1, 0.15) is 37.0 Å². The highest BCUT2D eigenvalue weighted by molar-refractivity contribution is 5.72. The minimum atomic E-state index is -0.191. The molecule has 0 aliphatic heterocycles. The van der Waals surface area contributed by atoms with Gasteiger partial charge in [-0.3, -0.25) is 0 Å². The maximum Gasteiger partial charge on any atom is 0.130 e. The standard InChI is InChI=1S/C35H34N2O2/c1-4-35(3,26-10-16-29(17-11-26)38-30-18-12-27(36)13-19-30)33-8-6-5-7-32(33)25-9-22-34(24(2)23-25)39-31-20-14-28(37)15-21-31/h5-23H,4,36-37H2,1-3H3. The molecule has 0 spiro atoms. The second-order valence-corrected chi connectivity index (χ2v) is 10.1. The molecule has 0 amide bonds. The number of ether oxygens (including phenoxy) is 2. The van der Waals surface area contributed by atoms with E-state index in [1.165, 1.54) is 16.7 Å². The summed E-state index contributed by atoms with van der Waals surface area (Å²) in [7, 11) is 0. The molecule has 0 aliphatic carbocycles. The topological polar surface area (TPSA) is 70.5 Å². The van der Waals surface area contributed by atoms with E-state index in [0.29, 0.717) is 11.4 Å². The zero-order chi connectivity index (χ0) is 27.4. The molecule has 0 saturated heterocycles. The summed E-state index contributed by atoms with van der Waals surface area (Å²) in [5, 5.41) is 0. The lowest BCUT2D eigenvalue weighted by molar-refractivity contribution is 0.479. The van der Waals surface area contributed by atoms with Crippen LogP contribution in [-0.4, -0.2) is 0 Å². The number of rotatable bonds is 8. The zero-order valence-electron chi connectivity index (χ0n) is 22.6. The third-order valence-corrected chi connectivity index (χ3v) is 7.43. The average molecular weight is 515 g/mol. The Labute approximate surface area is 230 Å². The molecular formula is C35H34N2O2. The highest BCUT2D eigenvalue weighted by Crippen LogP contribution is 2.42. The number of hydrogen-bond donors (Lipinski definition) is 2. The van der Waals surface area contributed by atoms with Crippen molar-refractivity contribution in [3.05, 3.63) is 132 Å². The van der Waals surface area contributed by atoms with Gasteiger partial charge in [0.05, 0.1) is 0 Å². The van der Waals surface area contributed by atoms with Gasteiger partial charge in [-0.15, -0.1) is 0 Å². The van der Waals surface area contributed by atoms with E-state index in [1.807, 2.05) is 66.7 Å². The molecule has 196 valence electrons. The van der Waals surface area contributed by atoms with Crippen molar-refractivity contribution < 1.29 is 9.47 Å². The SMILES string of the molecule is CCC(C)(c1ccc(Oc2ccc(N)cc2)cc1)c1ccccc1-c1ccc(Oc2ccc(N)cc2)c(C)c1. The van der Waals surface area contributed by atoms with Crippen LogP contribution in [-0.2, 0) is 5.41 Å². The van der Waals surface area contributed by atoms with Gasteiger partial charge in [0.2, 0.25) is 0 Å². The van der Waals surface area contributed by atoms with Gasteiger partial charge in [-0.25, -0.2) is 0 Å². The Hall–Kier alpha value is -4.70. The third kappa shape index (κ3) is 5.60. The first-order chi connectivity index (χ1) is 18.9. The van der Waals surface area contributed by atoms with Crippen molar-refractivity contribution in [2.45, 2.75) is 32.6 Å². The average Bonchev–Trinajstić information content (AvgIpc) is 2.96. The Bertz CT molecular complexity index is 1560. The smallest absolute Gasteiger partial charge is 0.130 e. The summed E-state index contributed by atoms with van der Waals surface area (Å²) in [6.07, 6.45) is 0.944. The molecule has 0 saturated carbocycles. The first kappa shape index (κ1) is 25.9. The predicted molar refractivity (Wildman–Crippen MR) is 162 cm³/mol. The molecule has 4 N–H and O–H groups in total. The van der Waals surface area contributed by atoms with Crippen LogP contribution in [0.5, 0.6) is 23.0 Å². The van der Waals surface area contributed by atoms with E-state index in [4.69, 9.17) is 20.9 Å². The van der Waals surface area contributed by atoms with Gasteiger partial charge >= 0.3 is 0 Å². The van der Waals surface area contributed by atoms with Gasteiger partial charge in [0, 0.05) is 16.8 Å². The van der Waals surface area contributed by atoms with Gasteiger partial charge in [0.25, 0.3) is 0 Å². The van der Waals surface area contributed by atoms with Crippen LogP contribution in [0, 0.1) is 6.92 Å². The number of benzene rings is 5. The second kappa shape index (κ2) is 11.0. The van der Waals surface area contributed by atoms with Crippen molar-refractivity contribution in [2.24, 2.45) is 0 Å². The molecule has 0 radical (unpaired) electrons. The fraction of sp³-hybridized carbons (Fsp3) is 0.143. The maximum absolute atomic E-state index is 6.13. The van der Waals surface area contributed by atoms with Crippen molar-refractivity contribution in [3.8, 4) is 34.1 Å². The van der Waals surface area contributed by atoms with Crippen LogP contribution in [0.4, 0.5) is 11.4 Å². The van der Waals surface area contributed by atoms with E-state index in [0.717, 1.165) is 40.5 Å². The van der Waals surface area contributed by atoms with Gasteiger partial charge in [0.15, 0.2) is 0 Å². The van der Waals surface area contributed by atoms with Gasteiger partial charge in [-0.2, -0.15) is 0 Å². The lowest BCUT2D eigenvalue weighted by atomic mass is 9.71. The molecular weight excluding hydrogens is 480 g/mol. The quantitative estimate of drug-likeness (QED) is 0.203. The molecule has 0 heterocycles. The molecule has 0 fully saturated rings. The van der Waals surface area contributed by atoms with E-state index in [2.05, 4.69) is 69.3 Å². The predicted octanol–water partition coefficient (Wildman–Crippen LogP) is 9.13. The van der Waals surface area contributed by atoms with Crippen molar-refractivity contribution in [1.29, 1.82) is 0 Å². The largest absolute Gasteiger partial charge is 0.457 e. The van der Waals surface area contributed by atoms with Crippen LogP contribution >= 0.6 is 0 Å². The van der Waals surface area contributed by atoms with E-state index in [1.54, 1.807) is 0 Å². The van der Waals surface area contributed by atoms with E-state index in [-0.39, 0.29) is 5.41 Å². The van der Waals surface area contributed by atoms with Crippen LogP contribution in [0.2, 0.25) is 0 Å². The summed E-state index contributed by atoms with van der Waals surface area (Å²) in [6, 6.07) is 38.4. The Balaban J connectivity index is 1.43. The highest BCUT2D eigenvalue weighted by atomic mass is 16.5. The summed E-state index contributed by atoms with van der Waals surface area (Å²) in [6.45, 7) is 6.63. The number of aryl methyl sites for hydroxylation is 1. The van der Waals surface area contributed by atoms with Gasteiger partial charge in [-0.05, 0) is 114 Å². The Morgan fingerprint density at radius 3 is 1.74 bits per heavy atom. The molecule has 5 rings (SSSR count). The number of nitrogens with two attached hydrogens (primary N) is 2. The molecule has 4 heteroatoms. The summed E-state index contributed by atoms with van der Waals surface area (Å²) in [4.78, 5) is 0. The molecule has 0 bridgehead atoms. The normalized spacial score (nSPS) is 12.5. The molecule has 39 heavy (non-hydrogen) atoms. The summed E-state index contributed by atoms with van der Waals surface area (Å²) in [5.41, 5.74) is 18.8. The zero-order valence-corrected chi connectivity index (χ0v) is 22.6. The molecule has 5 aromatic carbocycles. The molecule has 1 unspecified atom stereocenters. The van der Waals surface area contributed by atoms with Crippen molar-refractivity contribution in [3.63, 3.8) is 0 Å². The number of hydrogen-bond acceptors (Lipinski definition) is 4. The molecule has 5 aromatic rings. The lowest BCUT2D eigenvalue weighted by Gasteiger charge is -2.32. The minimum Gasteiger partial charge on any atom is -0.457 e. The van der Waals surface area contributed by atoms with Crippen LogP contribution in [0.3, 0.4) is 0 Å². The monoisotopic (exact) mass is 514 g/mol. The molecule has 0 aliphatic rings. The summed E-state index contributed by atoms with van der Waals surface area (Å²) in [5.74, 6) is 3.15. The van der Waals surface area contributed by atoms with Crippen LogP contribution < -0.4 is 20.9 Å². The molecule has 1 atom stereocenters. The van der Waals surface area contributed by atoms with E-state index in [9.17, 15) is 0 Å². The summed E-state index contributed by atoms with van der Waals surface area (Å²) < 4.78 is 12.2. The first-order valence-corrected chi connectivity index (χ1v) is 13.2. The van der Waals surface area contributed by atoms with Gasteiger partial charge in [-0.1, -0.05) is 56.3 Å². The Kier molecular flexibility index (Phi) is 7.29. The Morgan fingerprint density at radius 2 is 1.18 bits per heavy atom. The van der Waals surface area contributed by atoms with Crippen molar-refractivity contribution in [1.82, 2.24) is 0 Å². The van der Waals surface area contributed by atoms with E-state index >= 15 is 0 Å². The van der Waals surface area contributed by atoms with Crippen molar-refractivity contribution >= 4 is 11.4 Å². The third-order valence-electron chi connectivity index (χ3n) is 7.43. The van der Waals surface area contributed by atoms with Crippen LogP contribution in [0.25, 0.3) is 11.1 Å². The fourth-order valence-corrected chi connectivity index (χ4v) is 4.92. The lowest BCUT2D eigenvalue weighted by Crippen LogP contribution is -2.23. The minimum absolute atomic E-state index is 0.191.